The average Bonchev–Trinajstić information content (AvgIpc) is 2.92. The van der Waals surface area contributed by atoms with E-state index in [2.05, 4.69) is 20.5 Å². The molecule has 1 heterocycles. The van der Waals surface area contributed by atoms with Gasteiger partial charge in [0.25, 0.3) is 0 Å². The Morgan fingerprint density at radius 1 is 1.24 bits per heavy atom. The van der Waals surface area contributed by atoms with Crippen molar-refractivity contribution in [3.8, 4) is 5.75 Å². The molecule has 0 amide bonds. The van der Waals surface area contributed by atoms with E-state index in [1.54, 1.807) is 7.11 Å². The summed E-state index contributed by atoms with van der Waals surface area (Å²) in [5.74, 6) is 0.832. The summed E-state index contributed by atoms with van der Waals surface area (Å²) in [6.07, 6.45) is 2.90. The monoisotopic (exact) mass is 343 g/mol. The Labute approximate surface area is 131 Å². The van der Waals surface area contributed by atoms with Crippen molar-refractivity contribution in [3.63, 3.8) is 0 Å². The Balaban J connectivity index is 2.04. The van der Waals surface area contributed by atoms with E-state index in [0.717, 1.165) is 38.5 Å². The summed E-state index contributed by atoms with van der Waals surface area (Å²) < 4.78 is 8.44. The van der Waals surface area contributed by atoms with E-state index in [1.165, 1.54) is 0 Å². The van der Waals surface area contributed by atoms with Crippen molar-refractivity contribution in [2.75, 3.05) is 7.11 Å². The third-order valence-corrected chi connectivity index (χ3v) is 4.34. The summed E-state index contributed by atoms with van der Waals surface area (Å²) in [6.45, 7) is 0.712. The van der Waals surface area contributed by atoms with Crippen molar-refractivity contribution in [2.45, 2.75) is 6.54 Å². The van der Waals surface area contributed by atoms with Gasteiger partial charge in [-0.1, -0.05) is 28.1 Å². The van der Waals surface area contributed by atoms with Gasteiger partial charge in [-0.15, -0.1) is 0 Å². The molecule has 0 aliphatic carbocycles. The molecular weight excluding hydrogens is 330 g/mol. The van der Waals surface area contributed by atoms with Crippen molar-refractivity contribution in [1.82, 2.24) is 4.57 Å². The summed E-state index contributed by atoms with van der Waals surface area (Å²) in [5.41, 5.74) is 2.90. The zero-order chi connectivity index (χ0) is 14.8. The second kappa shape index (κ2) is 5.74. The quantitative estimate of drug-likeness (QED) is 0.662. The third kappa shape index (κ3) is 2.59. The molecular formula is C17H14BrNO2. The van der Waals surface area contributed by atoms with Crippen LogP contribution < -0.4 is 4.74 Å². The maximum atomic E-state index is 11.1. The van der Waals surface area contributed by atoms with Crippen molar-refractivity contribution >= 4 is 33.1 Å². The number of aromatic nitrogens is 1. The predicted octanol–water partition coefficient (Wildman–Crippen LogP) is 4.27. The summed E-state index contributed by atoms with van der Waals surface area (Å²) in [7, 11) is 1.66. The molecule has 0 radical (unpaired) electrons. The molecule has 0 atom stereocenters. The zero-order valence-corrected chi connectivity index (χ0v) is 13.1. The minimum absolute atomic E-state index is 0.712. The van der Waals surface area contributed by atoms with Crippen LogP contribution in [0.2, 0.25) is 0 Å². The van der Waals surface area contributed by atoms with Gasteiger partial charge in [0.2, 0.25) is 0 Å². The molecule has 0 aliphatic rings. The topological polar surface area (TPSA) is 31.2 Å². The van der Waals surface area contributed by atoms with Crippen LogP contribution in [0.3, 0.4) is 0 Å². The molecule has 0 aliphatic heterocycles. The zero-order valence-electron chi connectivity index (χ0n) is 11.5. The molecule has 1 aromatic heterocycles. The van der Waals surface area contributed by atoms with Crippen molar-refractivity contribution < 1.29 is 9.53 Å². The van der Waals surface area contributed by atoms with Gasteiger partial charge in [-0.25, -0.2) is 0 Å². The molecule has 106 valence electrons. The molecule has 0 saturated heterocycles. The van der Waals surface area contributed by atoms with Crippen LogP contribution in [0.5, 0.6) is 5.75 Å². The van der Waals surface area contributed by atoms with E-state index in [4.69, 9.17) is 4.74 Å². The first-order valence-corrected chi connectivity index (χ1v) is 7.37. The van der Waals surface area contributed by atoms with Crippen molar-refractivity contribution in [1.29, 1.82) is 0 Å². The normalized spacial score (nSPS) is 10.8. The number of hydrogen-bond acceptors (Lipinski definition) is 2. The first-order chi connectivity index (χ1) is 10.2. The number of rotatable bonds is 4. The fourth-order valence-electron chi connectivity index (χ4n) is 2.47. The molecule has 4 heteroatoms. The highest BCUT2D eigenvalue weighted by Crippen LogP contribution is 2.26. The Bertz CT molecular complexity index is 808. The number of benzene rings is 2. The molecule has 3 rings (SSSR count). The summed E-state index contributed by atoms with van der Waals surface area (Å²) in [4.78, 5) is 11.1. The maximum Gasteiger partial charge on any atom is 0.150 e. The second-order valence-electron chi connectivity index (χ2n) is 4.80. The number of carbonyl (C=O) groups excluding carboxylic acids is 1. The van der Waals surface area contributed by atoms with Gasteiger partial charge in [-0.2, -0.15) is 0 Å². The lowest BCUT2D eigenvalue weighted by atomic mass is 10.1. The van der Waals surface area contributed by atoms with E-state index in [0.29, 0.717) is 6.54 Å². The summed E-state index contributed by atoms with van der Waals surface area (Å²) >= 11 is 3.57. The van der Waals surface area contributed by atoms with Crippen LogP contribution in [0, 0.1) is 0 Å². The molecule has 0 saturated carbocycles. The van der Waals surface area contributed by atoms with Crippen LogP contribution in [0.1, 0.15) is 15.9 Å². The van der Waals surface area contributed by atoms with Gasteiger partial charge in [-0.3, -0.25) is 4.79 Å². The van der Waals surface area contributed by atoms with Crippen LogP contribution in [0.4, 0.5) is 0 Å². The van der Waals surface area contributed by atoms with E-state index in [9.17, 15) is 4.79 Å². The van der Waals surface area contributed by atoms with Gasteiger partial charge < -0.3 is 9.30 Å². The van der Waals surface area contributed by atoms with Gasteiger partial charge in [0, 0.05) is 33.7 Å². The highest BCUT2D eigenvalue weighted by Gasteiger charge is 2.08. The number of carbonyl (C=O) groups is 1. The van der Waals surface area contributed by atoms with Crippen molar-refractivity contribution in [3.05, 3.63) is 64.3 Å². The van der Waals surface area contributed by atoms with Gasteiger partial charge in [0.1, 0.15) is 5.75 Å². The van der Waals surface area contributed by atoms with E-state index in [1.807, 2.05) is 48.7 Å². The molecule has 0 N–H and O–H groups in total. The SMILES string of the molecule is COc1ccc(Br)c(Cn2ccc3c(C=O)cccc32)c1. The standard InChI is InChI=1S/C17H14BrNO2/c1-21-14-5-6-16(18)13(9-14)10-19-8-7-15-12(11-20)3-2-4-17(15)19/h2-9,11H,10H2,1H3. The van der Waals surface area contributed by atoms with Gasteiger partial charge >= 0.3 is 0 Å². The third-order valence-electron chi connectivity index (χ3n) is 3.57. The van der Waals surface area contributed by atoms with E-state index >= 15 is 0 Å². The molecule has 0 unspecified atom stereocenters. The molecule has 0 spiro atoms. The van der Waals surface area contributed by atoms with Crippen molar-refractivity contribution in [2.24, 2.45) is 0 Å². The molecule has 3 aromatic rings. The second-order valence-corrected chi connectivity index (χ2v) is 5.65. The summed E-state index contributed by atoms with van der Waals surface area (Å²) in [6, 6.07) is 13.7. The lowest BCUT2D eigenvalue weighted by Crippen LogP contribution is -1.99. The Kier molecular flexibility index (Phi) is 3.80. The number of hydrogen-bond donors (Lipinski definition) is 0. The van der Waals surface area contributed by atoms with Gasteiger partial charge in [0.15, 0.2) is 6.29 Å². The van der Waals surface area contributed by atoms with E-state index in [-0.39, 0.29) is 0 Å². The van der Waals surface area contributed by atoms with Crippen LogP contribution in [-0.2, 0) is 6.54 Å². The van der Waals surface area contributed by atoms with Gasteiger partial charge in [0.05, 0.1) is 7.11 Å². The minimum atomic E-state index is 0.712. The average molecular weight is 344 g/mol. The largest absolute Gasteiger partial charge is 0.497 e. The summed E-state index contributed by atoms with van der Waals surface area (Å²) in [5, 5.41) is 0.978. The molecule has 0 bridgehead atoms. The maximum absolute atomic E-state index is 11.1. The lowest BCUT2D eigenvalue weighted by Gasteiger charge is -2.10. The molecule has 2 aromatic carbocycles. The minimum Gasteiger partial charge on any atom is -0.497 e. The first kappa shape index (κ1) is 13.9. The van der Waals surface area contributed by atoms with E-state index < -0.39 is 0 Å². The first-order valence-electron chi connectivity index (χ1n) is 6.58. The predicted molar refractivity (Wildman–Crippen MR) is 87.1 cm³/mol. The fourth-order valence-corrected chi connectivity index (χ4v) is 2.84. The Hall–Kier alpha value is -2.07. The molecule has 3 nitrogen and oxygen atoms in total. The van der Waals surface area contributed by atoms with Crippen LogP contribution in [0.15, 0.2) is 53.1 Å². The highest BCUT2D eigenvalue weighted by atomic mass is 79.9. The number of ether oxygens (including phenoxy) is 1. The lowest BCUT2D eigenvalue weighted by molar-refractivity contribution is 0.112. The molecule has 0 fully saturated rings. The number of halogens is 1. The Morgan fingerprint density at radius 3 is 2.86 bits per heavy atom. The molecule has 21 heavy (non-hydrogen) atoms. The highest BCUT2D eigenvalue weighted by molar-refractivity contribution is 9.10. The van der Waals surface area contributed by atoms with Crippen LogP contribution >= 0.6 is 15.9 Å². The number of aldehydes is 1. The number of nitrogens with zero attached hydrogens (tertiary/aromatic N) is 1. The van der Waals surface area contributed by atoms with Gasteiger partial charge in [-0.05, 0) is 35.9 Å². The van der Waals surface area contributed by atoms with Crippen LogP contribution in [0.25, 0.3) is 10.9 Å². The number of methoxy groups -OCH3 is 1. The number of fused-ring (bicyclic) bond motifs is 1. The Morgan fingerprint density at radius 2 is 2.10 bits per heavy atom. The fraction of sp³-hybridized carbons (Fsp3) is 0.118. The smallest absolute Gasteiger partial charge is 0.150 e. The van der Waals surface area contributed by atoms with Crippen LogP contribution in [-0.4, -0.2) is 18.0 Å².